The zero-order valence-electron chi connectivity index (χ0n) is 9.83. The van der Waals surface area contributed by atoms with Crippen molar-refractivity contribution in [3.8, 4) is 0 Å². The number of hydrogen-bond donors (Lipinski definition) is 3. The molecular formula is C13H11N3O3. The summed E-state index contributed by atoms with van der Waals surface area (Å²) in [5.74, 6) is -0.998. The number of carbonyl (C=O) groups excluding carboxylic acids is 1. The SMILES string of the molecule is O=C(O)C=Cc1cccc(C(=O)Nc2ncc[nH]2)c1. The van der Waals surface area contributed by atoms with Crippen LogP contribution in [-0.4, -0.2) is 27.0 Å². The molecule has 1 aromatic heterocycles. The van der Waals surface area contributed by atoms with Crippen molar-refractivity contribution in [1.29, 1.82) is 0 Å². The summed E-state index contributed by atoms with van der Waals surface area (Å²) in [4.78, 5) is 29.0. The number of amides is 1. The monoisotopic (exact) mass is 257 g/mol. The molecule has 0 aliphatic rings. The number of benzene rings is 1. The number of anilines is 1. The number of rotatable bonds is 4. The first-order valence-electron chi connectivity index (χ1n) is 5.47. The molecule has 2 aromatic rings. The fourth-order valence-electron chi connectivity index (χ4n) is 1.46. The molecule has 6 nitrogen and oxygen atoms in total. The van der Waals surface area contributed by atoms with E-state index in [0.29, 0.717) is 17.1 Å². The third kappa shape index (κ3) is 3.53. The van der Waals surface area contributed by atoms with Gasteiger partial charge in [0.2, 0.25) is 5.95 Å². The molecule has 96 valence electrons. The molecule has 0 fully saturated rings. The van der Waals surface area contributed by atoms with Gasteiger partial charge in [-0.3, -0.25) is 10.1 Å². The average molecular weight is 257 g/mol. The van der Waals surface area contributed by atoms with E-state index in [1.54, 1.807) is 30.5 Å². The molecule has 0 spiro atoms. The zero-order valence-corrected chi connectivity index (χ0v) is 9.83. The molecule has 0 radical (unpaired) electrons. The third-order valence-electron chi connectivity index (χ3n) is 2.30. The summed E-state index contributed by atoms with van der Waals surface area (Å²) in [6.45, 7) is 0. The standard InChI is InChI=1S/C13H11N3O3/c17-11(18)5-4-9-2-1-3-10(8-9)12(19)16-13-14-6-7-15-13/h1-8H,(H,17,18)(H2,14,15,16,19). The van der Waals surface area contributed by atoms with Gasteiger partial charge in [0.25, 0.3) is 5.91 Å². The lowest BCUT2D eigenvalue weighted by molar-refractivity contribution is -0.131. The molecule has 0 saturated heterocycles. The number of carboxylic acids is 1. The molecule has 0 bridgehead atoms. The van der Waals surface area contributed by atoms with Crippen molar-refractivity contribution in [2.45, 2.75) is 0 Å². The molecule has 0 aliphatic carbocycles. The molecule has 3 N–H and O–H groups in total. The Hall–Kier alpha value is -2.89. The summed E-state index contributed by atoms with van der Waals surface area (Å²) in [5, 5.41) is 11.1. The van der Waals surface area contributed by atoms with Crippen molar-refractivity contribution in [2.24, 2.45) is 0 Å². The summed E-state index contributed by atoms with van der Waals surface area (Å²) < 4.78 is 0. The predicted octanol–water partition coefficient (Wildman–Crippen LogP) is 1.76. The lowest BCUT2D eigenvalue weighted by Crippen LogP contribution is -2.12. The smallest absolute Gasteiger partial charge is 0.328 e. The molecule has 1 heterocycles. The summed E-state index contributed by atoms with van der Waals surface area (Å²) in [6, 6.07) is 6.62. The van der Waals surface area contributed by atoms with Crippen LogP contribution in [0.4, 0.5) is 5.95 Å². The second-order valence-corrected chi connectivity index (χ2v) is 3.69. The van der Waals surface area contributed by atoms with E-state index in [0.717, 1.165) is 6.08 Å². The summed E-state index contributed by atoms with van der Waals surface area (Å²) in [7, 11) is 0. The van der Waals surface area contributed by atoms with Crippen LogP contribution in [0, 0.1) is 0 Å². The largest absolute Gasteiger partial charge is 0.478 e. The number of carboxylic acid groups (broad SMARTS) is 1. The van der Waals surface area contributed by atoms with Crippen LogP contribution in [0.5, 0.6) is 0 Å². The summed E-state index contributed by atoms with van der Waals surface area (Å²) >= 11 is 0. The van der Waals surface area contributed by atoms with Crippen LogP contribution in [-0.2, 0) is 4.79 Å². The van der Waals surface area contributed by atoms with Gasteiger partial charge in [-0.05, 0) is 23.8 Å². The van der Waals surface area contributed by atoms with Gasteiger partial charge in [0.1, 0.15) is 0 Å². The Balaban J connectivity index is 2.14. The van der Waals surface area contributed by atoms with Gasteiger partial charge in [0.15, 0.2) is 0 Å². The van der Waals surface area contributed by atoms with E-state index in [1.807, 2.05) is 0 Å². The number of aromatic amines is 1. The van der Waals surface area contributed by atoms with Crippen molar-refractivity contribution in [3.05, 3.63) is 53.9 Å². The van der Waals surface area contributed by atoms with Gasteiger partial charge < -0.3 is 10.1 Å². The number of hydrogen-bond acceptors (Lipinski definition) is 3. The first-order chi connectivity index (χ1) is 9.15. The van der Waals surface area contributed by atoms with Crippen LogP contribution in [0.15, 0.2) is 42.7 Å². The molecule has 6 heteroatoms. The Morgan fingerprint density at radius 1 is 1.37 bits per heavy atom. The lowest BCUT2D eigenvalue weighted by atomic mass is 10.1. The van der Waals surface area contributed by atoms with Crippen LogP contribution in [0.2, 0.25) is 0 Å². The van der Waals surface area contributed by atoms with E-state index < -0.39 is 5.97 Å². The van der Waals surface area contributed by atoms with Crippen molar-refractivity contribution in [2.75, 3.05) is 5.32 Å². The lowest BCUT2D eigenvalue weighted by Gasteiger charge is -2.02. The molecule has 0 saturated carbocycles. The quantitative estimate of drug-likeness (QED) is 0.727. The van der Waals surface area contributed by atoms with E-state index in [4.69, 9.17) is 5.11 Å². The maximum absolute atomic E-state index is 11.9. The molecule has 0 aliphatic heterocycles. The Labute approximate surface area is 108 Å². The molecule has 1 amide bonds. The average Bonchev–Trinajstić information content (AvgIpc) is 2.89. The van der Waals surface area contributed by atoms with Crippen LogP contribution in [0.1, 0.15) is 15.9 Å². The minimum Gasteiger partial charge on any atom is -0.478 e. The van der Waals surface area contributed by atoms with E-state index in [1.165, 1.54) is 12.3 Å². The molecule has 2 rings (SSSR count). The van der Waals surface area contributed by atoms with Gasteiger partial charge in [-0.25, -0.2) is 9.78 Å². The van der Waals surface area contributed by atoms with Crippen LogP contribution in [0.3, 0.4) is 0 Å². The Morgan fingerprint density at radius 3 is 2.89 bits per heavy atom. The Bertz CT molecular complexity index is 618. The van der Waals surface area contributed by atoms with Crippen molar-refractivity contribution >= 4 is 23.9 Å². The van der Waals surface area contributed by atoms with Crippen molar-refractivity contribution in [1.82, 2.24) is 9.97 Å². The predicted molar refractivity (Wildman–Crippen MR) is 69.7 cm³/mol. The fraction of sp³-hybridized carbons (Fsp3) is 0. The molecule has 0 unspecified atom stereocenters. The number of aliphatic carboxylic acids is 1. The first-order valence-corrected chi connectivity index (χ1v) is 5.47. The molecular weight excluding hydrogens is 246 g/mol. The van der Waals surface area contributed by atoms with Crippen LogP contribution in [0.25, 0.3) is 6.08 Å². The summed E-state index contributed by atoms with van der Waals surface area (Å²) in [5.41, 5.74) is 1.05. The fourth-order valence-corrected chi connectivity index (χ4v) is 1.46. The van der Waals surface area contributed by atoms with Gasteiger partial charge in [0.05, 0.1) is 0 Å². The van der Waals surface area contributed by atoms with Gasteiger partial charge in [-0.1, -0.05) is 12.1 Å². The highest BCUT2D eigenvalue weighted by Crippen LogP contribution is 2.09. The van der Waals surface area contributed by atoms with Crippen LogP contribution >= 0.6 is 0 Å². The van der Waals surface area contributed by atoms with E-state index in [2.05, 4.69) is 15.3 Å². The zero-order chi connectivity index (χ0) is 13.7. The molecule has 0 atom stereocenters. The number of nitrogens with one attached hydrogen (secondary N) is 2. The number of nitrogens with zero attached hydrogens (tertiary/aromatic N) is 1. The van der Waals surface area contributed by atoms with Gasteiger partial charge in [-0.2, -0.15) is 0 Å². The Kier molecular flexibility index (Phi) is 3.72. The number of aromatic nitrogens is 2. The maximum Gasteiger partial charge on any atom is 0.328 e. The summed E-state index contributed by atoms with van der Waals surface area (Å²) in [6.07, 6.45) is 5.57. The topological polar surface area (TPSA) is 95.1 Å². The number of imidazole rings is 1. The van der Waals surface area contributed by atoms with E-state index >= 15 is 0 Å². The van der Waals surface area contributed by atoms with Crippen molar-refractivity contribution < 1.29 is 14.7 Å². The second-order valence-electron chi connectivity index (χ2n) is 3.69. The number of carbonyl (C=O) groups is 2. The highest BCUT2D eigenvalue weighted by molar-refractivity contribution is 6.03. The second kappa shape index (κ2) is 5.63. The van der Waals surface area contributed by atoms with E-state index in [-0.39, 0.29) is 5.91 Å². The third-order valence-corrected chi connectivity index (χ3v) is 2.30. The first kappa shape index (κ1) is 12.6. The van der Waals surface area contributed by atoms with Crippen molar-refractivity contribution in [3.63, 3.8) is 0 Å². The normalized spacial score (nSPS) is 10.5. The minimum atomic E-state index is -1.04. The van der Waals surface area contributed by atoms with Gasteiger partial charge >= 0.3 is 5.97 Å². The number of H-pyrrole nitrogens is 1. The molecule has 1 aromatic carbocycles. The highest BCUT2D eigenvalue weighted by atomic mass is 16.4. The highest BCUT2D eigenvalue weighted by Gasteiger charge is 2.07. The van der Waals surface area contributed by atoms with Gasteiger partial charge in [-0.15, -0.1) is 0 Å². The Morgan fingerprint density at radius 2 is 2.21 bits per heavy atom. The van der Waals surface area contributed by atoms with Gasteiger partial charge in [0, 0.05) is 24.0 Å². The maximum atomic E-state index is 11.9. The molecule has 19 heavy (non-hydrogen) atoms. The van der Waals surface area contributed by atoms with E-state index in [9.17, 15) is 9.59 Å². The van der Waals surface area contributed by atoms with Crippen LogP contribution < -0.4 is 5.32 Å². The minimum absolute atomic E-state index is 0.319.